The molecular weight excluding hydrogens is 422 g/mol. The lowest BCUT2D eigenvalue weighted by Crippen LogP contribution is -2.37. The van der Waals surface area contributed by atoms with Gasteiger partial charge in [-0.1, -0.05) is 30.3 Å². The van der Waals surface area contributed by atoms with E-state index < -0.39 is 0 Å². The van der Waals surface area contributed by atoms with Crippen LogP contribution >= 0.6 is 12.2 Å². The van der Waals surface area contributed by atoms with Crippen LogP contribution in [0.15, 0.2) is 65.1 Å². The number of hydrogen-bond acceptors (Lipinski definition) is 5. The van der Waals surface area contributed by atoms with Crippen molar-refractivity contribution in [3.63, 3.8) is 0 Å². The molecule has 0 bridgehead atoms. The third kappa shape index (κ3) is 4.78. The first-order valence-electron chi connectivity index (χ1n) is 10.2. The molecule has 0 atom stereocenters. The monoisotopic (exact) mass is 445 g/mol. The van der Waals surface area contributed by atoms with E-state index in [1.807, 2.05) is 63.2 Å². The van der Waals surface area contributed by atoms with Crippen LogP contribution in [-0.2, 0) is 4.79 Å². The van der Waals surface area contributed by atoms with Crippen molar-refractivity contribution in [2.24, 2.45) is 0 Å². The molecule has 1 amide bonds. The van der Waals surface area contributed by atoms with Crippen molar-refractivity contribution in [3.8, 4) is 17.2 Å². The number of nitrogens with zero attached hydrogens (tertiary/aromatic N) is 1. The number of carbonyl (C=O) groups excluding carboxylic acids is 1. The Labute approximate surface area is 191 Å². The standard InChI is InChI=1S/C25H23N3O3S/c1-15-12-16(2)23-21(13-15)26-24(31-23)19-10-7-11-20(17(19)3)27-25(32)28-22(29)14-30-18-8-5-4-6-9-18/h4-13H,14H2,1-3H3,(H2,27,28,29,32). The first-order chi connectivity index (χ1) is 15.4. The Kier molecular flexibility index (Phi) is 6.18. The molecule has 4 aromatic rings. The van der Waals surface area contributed by atoms with Crippen LogP contribution in [0.1, 0.15) is 16.7 Å². The van der Waals surface area contributed by atoms with Gasteiger partial charge in [0, 0.05) is 11.3 Å². The van der Waals surface area contributed by atoms with Gasteiger partial charge in [-0.2, -0.15) is 0 Å². The number of aromatic nitrogens is 1. The van der Waals surface area contributed by atoms with Gasteiger partial charge in [0.1, 0.15) is 11.3 Å². The van der Waals surface area contributed by atoms with E-state index >= 15 is 0 Å². The van der Waals surface area contributed by atoms with Crippen molar-refractivity contribution in [3.05, 3.63) is 77.4 Å². The van der Waals surface area contributed by atoms with E-state index in [2.05, 4.69) is 21.7 Å². The summed E-state index contributed by atoms with van der Waals surface area (Å²) >= 11 is 5.31. The van der Waals surface area contributed by atoms with Crippen LogP contribution < -0.4 is 15.4 Å². The van der Waals surface area contributed by atoms with Gasteiger partial charge in [0.05, 0.1) is 0 Å². The Morgan fingerprint density at radius 2 is 1.84 bits per heavy atom. The number of rotatable bonds is 5. The summed E-state index contributed by atoms with van der Waals surface area (Å²) in [7, 11) is 0. The summed E-state index contributed by atoms with van der Waals surface area (Å²) in [6, 6.07) is 18.9. The van der Waals surface area contributed by atoms with Crippen molar-refractivity contribution in [1.82, 2.24) is 10.3 Å². The lowest BCUT2D eigenvalue weighted by atomic mass is 10.1. The number of fused-ring (bicyclic) bond motifs is 1. The van der Waals surface area contributed by atoms with Gasteiger partial charge in [0.2, 0.25) is 5.89 Å². The highest BCUT2D eigenvalue weighted by Crippen LogP contribution is 2.32. The molecule has 0 aliphatic heterocycles. The number of nitrogens with one attached hydrogen (secondary N) is 2. The second kappa shape index (κ2) is 9.20. The number of carbonyl (C=O) groups is 1. The SMILES string of the molecule is Cc1cc(C)c2oc(-c3cccc(NC(=S)NC(=O)COc4ccccc4)c3C)nc2c1. The van der Waals surface area contributed by atoms with Crippen LogP contribution in [0.25, 0.3) is 22.6 Å². The Bertz CT molecular complexity index is 1300. The molecule has 0 aliphatic carbocycles. The molecule has 1 heterocycles. The lowest BCUT2D eigenvalue weighted by molar-refractivity contribution is -0.121. The van der Waals surface area contributed by atoms with Gasteiger partial charge < -0.3 is 14.5 Å². The molecule has 4 rings (SSSR count). The van der Waals surface area contributed by atoms with Crippen molar-refractivity contribution < 1.29 is 13.9 Å². The zero-order chi connectivity index (χ0) is 22.7. The summed E-state index contributed by atoms with van der Waals surface area (Å²) in [5.41, 5.74) is 6.31. The highest BCUT2D eigenvalue weighted by molar-refractivity contribution is 7.80. The lowest BCUT2D eigenvalue weighted by Gasteiger charge is -2.13. The van der Waals surface area contributed by atoms with E-state index in [0.717, 1.165) is 39.0 Å². The molecule has 7 heteroatoms. The van der Waals surface area contributed by atoms with Gasteiger partial charge in [-0.25, -0.2) is 4.98 Å². The molecular formula is C25H23N3O3S. The normalized spacial score (nSPS) is 10.7. The van der Waals surface area contributed by atoms with Crippen LogP contribution in [0.3, 0.4) is 0 Å². The van der Waals surface area contributed by atoms with Crippen LogP contribution in [-0.4, -0.2) is 22.6 Å². The van der Waals surface area contributed by atoms with Crippen molar-refractivity contribution in [2.45, 2.75) is 20.8 Å². The van der Waals surface area contributed by atoms with E-state index in [-0.39, 0.29) is 17.6 Å². The van der Waals surface area contributed by atoms with Crippen molar-refractivity contribution in [2.75, 3.05) is 11.9 Å². The minimum absolute atomic E-state index is 0.132. The fourth-order valence-corrected chi connectivity index (χ4v) is 3.70. The molecule has 0 saturated carbocycles. The third-order valence-electron chi connectivity index (χ3n) is 5.00. The fourth-order valence-electron chi connectivity index (χ4n) is 3.48. The summed E-state index contributed by atoms with van der Waals surface area (Å²) in [5, 5.41) is 5.91. The summed E-state index contributed by atoms with van der Waals surface area (Å²) in [6.07, 6.45) is 0. The van der Waals surface area contributed by atoms with E-state index in [9.17, 15) is 4.79 Å². The van der Waals surface area contributed by atoms with Gasteiger partial charge in [0.15, 0.2) is 17.3 Å². The first kappa shape index (κ1) is 21.5. The van der Waals surface area contributed by atoms with E-state index in [0.29, 0.717) is 11.6 Å². The number of thiocarbonyl (C=S) groups is 1. The molecule has 32 heavy (non-hydrogen) atoms. The summed E-state index contributed by atoms with van der Waals surface area (Å²) in [6.45, 7) is 5.87. The fraction of sp³-hybridized carbons (Fsp3) is 0.160. The molecule has 0 spiro atoms. The zero-order valence-corrected chi connectivity index (χ0v) is 18.9. The molecule has 0 saturated heterocycles. The average molecular weight is 446 g/mol. The number of anilines is 1. The topological polar surface area (TPSA) is 76.4 Å². The van der Waals surface area contributed by atoms with Gasteiger partial charge in [-0.3, -0.25) is 10.1 Å². The molecule has 0 aliphatic rings. The maximum atomic E-state index is 12.2. The van der Waals surface area contributed by atoms with Crippen LogP contribution in [0.4, 0.5) is 5.69 Å². The van der Waals surface area contributed by atoms with Crippen molar-refractivity contribution in [1.29, 1.82) is 0 Å². The van der Waals surface area contributed by atoms with Gasteiger partial charge in [-0.15, -0.1) is 0 Å². The molecule has 0 unspecified atom stereocenters. The zero-order valence-electron chi connectivity index (χ0n) is 18.1. The number of oxazole rings is 1. The van der Waals surface area contributed by atoms with E-state index in [1.165, 1.54) is 0 Å². The molecule has 0 radical (unpaired) electrons. The predicted molar refractivity (Wildman–Crippen MR) is 130 cm³/mol. The second-order valence-corrected chi connectivity index (χ2v) is 7.94. The van der Waals surface area contributed by atoms with Gasteiger partial charge >= 0.3 is 0 Å². The maximum Gasteiger partial charge on any atom is 0.264 e. The van der Waals surface area contributed by atoms with Crippen molar-refractivity contribution >= 4 is 40.0 Å². The molecule has 162 valence electrons. The number of hydrogen-bond donors (Lipinski definition) is 2. The number of aryl methyl sites for hydroxylation is 2. The highest BCUT2D eigenvalue weighted by Gasteiger charge is 2.15. The molecule has 0 fully saturated rings. The Morgan fingerprint density at radius 3 is 2.62 bits per heavy atom. The summed E-state index contributed by atoms with van der Waals surface area (Å²) in [4.78, 5) is 16.8. The average Bonchev–Trinajstić information content (AvgIpc) is 3.18. The Balaban J connectivity index is 1.46. The Morgan fingerprint density at radius 1 is 1.06 bits per heavy atom. The molecule has 1 aromatic heterocycles. The van der Waals surface area contributed by atoms with Crippen LogP contribution in [0.2, 0.25) is 0 Å². The predicted octanol–water partition coefficient (Wildman–Crippen LogP) is 5.31. The van der Waals surface area contributed by atoms with Crippen LogP contribution in [0.5, 0.6) is 5.75 Å². The van der Waals surface area contributed by atoms with Crippen LogP contribution in [0, 0.1) is 20.8 Å². The number of para-hydroxylation sites is 1. The third-order valence-corrected chi connectivity index (χ3v) is 5.20. The minimum atomic E-state index is -0.343. The minimum Gasteiger partial charge on any atom is -0.484 e. The summed E-state index contributed by atoms with van der Waals surface area (Å²) in [5.74, 6) is 0.819. The van der Waals surface area contributed by atoms with Gasteiger partial charge in [-0.05, 0) is 80.0 Å². The number of amides is 1. The molecule has 2 N–H and O–H groups in total. The maximum absolute atomic E-state index is 12.2. The van der Waals surface area contributed by atoms with E-state index in [1.54, 1.807) is 12.1 Å². The largest absolute Gasteiger partial charge is 0.484 e. The quantitative estimate of drug-likeness (QED) is 0.405. The first-order valence-corrected chi connectivity index (χ1v) is 10.6. The molecule has 6 nitrogen and oxygen atoms in total. The second-order valence-electron chi connectivity index (χ2n) is 7.53. The molecule has 3 aromatic carbocycles. The summed E-state index contributed by atoms with van der Waals surface area (Å²) < 4.78 is 11.5. The Hall–Kier alpha value is -3.71. The number of benzene rings is 3. The van der Waals surface area contributed by atoms with Gasteiger partial charge in [0.25, 0.3) is 5.91 Å². The van der Waals surface area contributed by atoms with E-state index in [4.69, 9.17) is 21.4 Å². The smallest absolute Gasteiger partial charge is 0.264 e. The number of ether oxygens (including phenoxy) is 1. The highest BCUT2D eigenvalue weighted by atomic mass is 32.1.